The average molecular weight is 526 g/mol. The fourth-order valence-electron chi connectivity index (χ4n) is 4.43. The van der Waals surface area contributed by atoms with Crippen molar-refractivity contribution in [1.82, 2.24) is 10.3 Å². The van der Waals surface area contributed by atoms with Gasteiger partial charge in [0.1, 0.15) is 5.75 Å². The van der Waals surface area contributed by atoms with Gasteiger partial charge in [-0.05, 0) is 70.8 Å². The summed E-state index contributed by atoms with van der Waals surface area (Å²) >= 11 is 1.73. The molecule has 3 aromatic carbocycles. The molecule has 0 fully saturated rings. The van der Waals surface area contributed by atoms with Crippen LogP contribution in [0.1, 0.15) is 21.6 Å². The van der Waals surface area contributed by atoms with E-state index in [4.69, 9.17) is 9.47 Å². The molecular formula is C31H31N3O3S. The van der Waals surface area contributed by atoms with Gasteiger partial charge in [0, 0.05) is 47.8 Å². The van der Waals surface area contributed by atoms with Gasteiger partial charge in [-0.3, -0.25) is 9.78 Å². The Bertz CT molecular complexity index is 1450. The smallest absolute Gasteiger partial charge is 0.251 e. The molecule has 0 saturated heterocycles. The third kappa shape index (κ3) is 5.85. The molecule has 0 atom stereocenters. The zero-order valence-electron chi connectivity index (χ0n) is 21.9. The number of thioether (sulfide) groups is 1. The summed E-state index contributed by atoms with van der Waals surface area (Å²) in [6.45, 7) is 1.66. The number of nitrogens with one attached hydrogen (secondary N) is 1. The van der Waals surface area contributed by atoms with E-state index in [9.17, 15) is 4.79 Å². The second kappa shape index (κ2) is 11.7. The first-order valence-corrected chi connectivity index (χ1v) is 13.5. The van der Waals surface area contributed by atoms with Crippen molar-refractivity contribution in [3.63, 3.8) is 0 Å². The van der Waals surface area contributed by atoms with Crippen LogP contribution in [0.4, 0.5) is 5.69 Å². The van der Waals surface area contributed by atoms with Gasteiger partial charge in [-0.25, -0.2) is 0 Å². The number of anilines is 1. The number of nitrogens with zero attached hydrogens (tertiary/aromatic N) is 2. The largest absolute Gasteiger partial charge is 0.496 e. The number of ether oxygens (including phenoxy) is 2. The topological polar surface area (TPSA) is 63.7 Å². The number of aromatic nitrogens is 1. The number of rotatable bonds is 7. The van der Waals surface area contributed by atoms with Crippen molar-refractivity contribution in [1.29, 1.82) is 0 Å². The maximum Gasteiger partial charge on any atom is 0.251 e. The standard InChI is InChI=1S/C31H31N3O3S/c1-34(2)27-6-4-5-23(16-27)28-17-21(9-10-29(28)36-3)22-11-12-32-26(15-22)19-33-31(35)24-7-8-25-20-37-13-14-38-30(25)18-24/h4-12,15-18H,13-14,19-20H2,1-3H3,(H,33,35). The Morgan fingerprint density at radius 1 is 1.03 bits per heavy atom. The number of pyridine rings is 1. The minimum Gasteiger partial charge on any atom is -0.496 e. The summed E-state index contributed by atoms with van der Waals surface area (Å²) in [4.78, 5) is 20.6. The van der Waals surface area contributed by atoms with Crippen LogP contribution in [-0.2, 0) is 17.9 Å². The predicted molar refractivity (Wildman–Crippen MR) is 154 cm³/mol. The van der Waals surface area contributed by atoms with Crippen LogP contribution < -0.4 is 15.0 Å². The van der Waals surface area contributed by atoms with E-state index >= 15 is 0 Å². The molecule has 0 spiro atoms. The van der Waals surface area contributed by atoms with Crippen molar-refractivity contribution < 1.29 is 14.3 Å². The lowest BCUT2D eigenvalue weighted by Crippen LogP contribution is -2.23. The highest BCUT2D eigenvalue weighted by Gasteiger charge is 2.14. The van der Waals surface area contributed by atoms with Crippen LogP contribution >= 0.6 is 11.8 Å². The minimum atomic E-state index is -0.113. The molecule has 1 amide bonds. The number of hydrogen-bond acceptors (Lipinski definition) is 6. The van der Waals surface area contributed by atoms with Gasteiger partial charge in [-0.1, -0.05) is 24.3 Å². The van der Waals surface area contributed by atoms with E-state index in [2.05, 4.69) is 45.5 Å². The number of hydrogen-bond donors (Lipinski definition) is 1. The Morgan fingerprint density at radius 2 is 1.89 bits per heavy atom. The van der Waals surface area contributed by atoms with Crippen LogP contribution in [0.25, 0.3) is 22.3 Å². The van der Waals surface area contributed by atoms with Gasteiger partial charge in [0.15, 0.2) is 0 Å². The Morgan fingerprint density at radius 3 is 2.74 bits per heavy atom. The maximum atomic E-state index is 12.9. The van der Waals surface area contributed by atoms with Gasteiger partial charge in [0.05, 0.1) is 32.6 Å². The van der Waals surface area contributed by atoms with E-state index in [1.165, 1.54) is 0 Å². The van der Waals surface area contributed by atoms with Gasteiger partial charge in [-0.2, -0.15) is 0 Å². The Labute approximate surface area is 228 Å². The molecule has 1 aliphatic heterocycles. The summed E-state index contributed by atoms with van der Waals surface area (Å²) in [5, 5.41) is 3.02. The summed E-state index contributed by atoms with van der Waals surface area (Å²) in [5.41, 5.74) is 7.88. The Kier molecular flexibility index (Phi) is 7.96. The van der Waals surface area contributed by atoms with Crippen LogP contribution in [0.5, 0.6) is 5.75 Å². The van der Waals surface area contributed by atoms with Gasteiger partial charge >= 0.3 is 0 Å². The van der Waals surface area contributed by atoms with Crippen molar-refractivity contribution >= 4 is 23.4 Å². The fourth-order valence-corrected chi connectivity index (χ4v) is 5.38. The third-order valence-electron chi connectivity index (χ3n) is 6.53. The first-order chi connectivity index (χ1) is 18.5. The summed E-state index contributed by atoms with van der Waals surface area (Å²) in [6.07, 6.45) is 1.78. The van der Waals surface area contributed by atoms with Crippen molar-refractivity contribution in [2.24, 2.45) is 0 Å². The van der Waals surface area contributed by atoms with Crippen molar-refractivity contribution in [2.45, 2.75) is 18.0 Å². The van der Waals surface area contributed by atoms with Crippen LogP contribution in [0, 0.1) is 0 Å². The Balaban J connectivity index is 1.35. The van der Waals surface area contributed by atoms with Gasteiger partial charge in [0.25, 0.3) is 5.91 Å². The van der Waals surface area contributed by atoms with Crippen LogP contribution in [-0.4, -0.2) is 44.5 Å². The lowest BCUT2D eigenvalue weighted by molar-refractivity contribution is 0.0950. The second-order valence-corrected chi connectivity index (χ2v) is 10.4. The monoisotopic (exact) mass is 525 g/mol. The molecule has 0 bridgehead atoms. The van der Waals surface area contributed by atoms with E-state index in [1.54, 1.807) is 25.1 Å². The van der Waals surface area contributed by atoms with Crippen LogP contribution in [0.15, 0.2) is 83.9 Å². The number of fused-ring (bicyclic) bond motifs is 1. The molecule has 0 radical (unpaired) electrons. The Hall–Kier alpha value is -3.81. The van der Waals surface area contributed by atoms with Gasteiger partial charge < -0.3 is 19.7 Å². The molecule has 0 unspecified atom stereocenters. The molecule has 0 saturated carbocycles. The molecule has 1 aromatic heterocycles. The summed E-state index contributed by atoms with van der Waals surface area (Å²) in [6, 6.07) is 24.4. The lowest BCUT2D eigenvalue weighted by atomic mass is 9.97. The number of benzene rings is 3. The van der Waals surface area contributed by atoms with E-state index in [1.807, 2.05) is 56.6 Å². The lowest BCUT2D eigenvalue weighted by Gasteiger charge is -2.16. The van der Waals surface area contributed by atoms with Crippen molar-refractivity contribution in [3.8, 4) is 28.0 Å². The predicted octanol–water partition coefficient (Wildman–Crippen LogP) is 6.04. The third-order valence-corrected chi connectivity index (χ3v) is 7.59. The van der Waals surface area contributed by atoms with Crippen LogP contribution in [0.3, 0.4) is 0 Å². The summed E-state index contributed by atoms with van der Waals surface area (Å²) in [7, 11) is 5.76. The minimum absolute atomic E-state index is 0.113. The summed E-state index contributed by atoms with van der Waals surface area (Å²) < 4.78 is 11.3. The number of carbonyl (C=O) groups is 1. The van der Waals surface area contributed by atoms with E-state index in [0.717, 1.165) is 62.2 Å². The molecule has 2 heterocycles. The molecule has 5 rings (SSSR count). The highest BCUT2D eigenvalue weighted by atomic mass is 32.2. The zero-order valence-corrected chi connectivity index (χ0v) is 22.7. The first kappa shape index (κ1) is 25.8. The molecule has 0 aliphatic carbocycles. The molecule has 6 nitrogen and oxygen atoms in total. The quantitative estimate of drug-likeness (QED) is 0.317. The molecule has 1 N–H and O–H groups in total. The highest BCUT2D eigenvalue weighted by Crippen LogP contribution is 2.35. The van der Waals surface area contributed by atoms with Crippen molar-refractivity contribution in [3.05, 3.63) is 95.8 Å². The van der Waals surface area contributed by atoms with Gasteiger partial charge in [-0.15, -0.1) is 11.8 Å². The maximum absolute atomic E-state index is 12.9. The number of carbonyl (C=O) groups excluding carboxylic acids is 1. The normalized spacial score (nSPS) is 12.8. The molecule has 1 aliphatic rings. The van der Waals surface area contributed by atoms with Gasteiger partial charge in [0.2, 0.25) is 0 Å². The summed E-state index contributed by atoms with van der Waals surface area (Å²) in [5.74, 6) is 1.60. The first-order valence-electron chi connectivity index (χ1n) is 12.5. The molecule has 7 heteroatoms. The average Bonchev–Trinajstić information content (AvgIpc) is 3.21. The zero-order chi connectivity index (χ0) is 26.5. The van der Waals surface area contributed by atoms with E-state index in [0.29, 0.717) is 18.7 Å². The molecular weight excluding hydrogens is 494 g/mol. The van der Waals surface area contributed by atoms with Crippen LogP contribution in [0.2, 0.25) is 0 Å². The van der Waals surface area contributed by atoms with E-state index in [-0.39, 0.29) is 5.91 Å². The SMILES string of the molecule is COc1ccc(-c2ccnc(CNC(=O)c3ccc4c(c3)SCCOC4)c2)cc1-c1cccc(N(C)C)c1. The van der Waals surface area contributed by atoms with Crippen molar-refractivity contribution in [2.75, 3.05) is 38.5 Å². The number of amides is 1. The molecule has 194 valence electrons. The van der Waals surface area contributed by atoms with E-state index < -0.39 is 0 Å². The fraction of sp³-hybridized carbons (Fsp3) is 0.226. The second-order valence-electron chi connectivity index (χ2n) is 9.30. The molecule has 4 aromatic rings. The number of methoxy groups -OCH3 is 1. The molecule has 38 heavy (non-hydrogen) atoms. The highest BCUT2D eigenvalue weighted by molar-refractivity contribution is 7.99.